The van der Waals surface area contributed by atoms with Crippen LogP contribution in [0.15, 0.2) is 48.8 Å². The van der Waals surface area contributed by atoms with E-state index in [0.29, 0.717) is 30.9 Å². The highest BCUT2D eigenvalue weighted by molar-refractivity contribution is 5.91. The van der Waals surface area contributed by atoms with Gasteiger partial charge in [0.1, 0.15) is 5.75 Å². The first-order valence-corrected chi connectivity index (χ1v) is 10.3. The first-order valence-electron chi connectivity index (χ1n) is 10.3. The summed E-state index contributed by atoms with van der Waals surface area (Å²) in [5.74, 6) is 2.09. The number of carbonyl (C=O) groups excluding carboxylic acids is 2. The highest BCUT2D eigenvalue weighted by Crippen LogP contribution is 2.24. The Kier molecular flexibility index (Phi) is 8.35. The summed E-state index contributed by atoms with van der Waals surface area (Å²) in [5, 5.41) is 2.64. The van der Waals surface area contributed by atoms with Gasteiger partial charge in [-0.1, -0.05) is 12.0 Å². The molecule has 0 saturated carbocycles. The van der Waals surface area contributed by atoms with Crippen LogP contribution in [0.4, 0.5) is 4.39 Å². The van der Waals surface area contributed by atoms with Gasteiger partial charge >= 0.3 is 0 Å². The SMILES string of the molecule is C#CCNC(=O)CN1CCCN(C(=O)C=Cc2ccc(Oc3cccnc3)c(F)c2)CC1. The molecule has 1 aliphatic heterocycles. The second kappa shape index (κ2) is 11.6. The molecule has 1 aromatic carbocycles. The van der Waals surface area contributed by atoms with Crippen molar-refractivity contribution < 1.29 is 18.7 Å². The van der Waals surface area contributed by atoms with Gasteiger partial charge in [0, 0.05) is 38.5 Å². The van der Waals surface area contributed by atoms with Gasteiger partial charge in [0.15, 0.2) is 11.6 Å². The molecular weight excluding hydrogens is 411 g/mol. The largest absolute Gasteiger partial charge is 0.453 e. The zero-order valence-corrected chi connectivity index (χ0v) is 17.7. The molecule has 166 valence electrons. The van der Waals surface area contributed by atoms with Gasteiger partial charge in [0.25, 0.3) is 0 Å². The number of hydrogen-bond acceptors (Lipinski definition) is 5. The van der Waals surface area contributed by atoms with Crippen LogP contribution in [-0.4, -0.2) is 65.9 Å². The molecule has 1 fully saturated rings. The van der Waals surface area contributed by atoms with Crippen molar-refractivity contribution in [3.05, 3.63) is 60.2 Å². The average Bonchev–Trinajstić information content (AvgIpc) is 3.04. The molecule has 2 aromatic rings. The summed E-state index contributed by atoms with van der Waals surface area (Å²) in [6, 6.07) is 7.89. The summed E-state index contributed by atoms with van der Waals surface area (Å²) in [6.07, 6.45) is 12.0. The molecule has 7 nitrogen and oxygen atoms in total. The van der Waals surface area contributed by atoms with Gasteiger partial charge in [0.05, 0.1) is 19.3 Å². The molecule has 0 bridgehead atoms. The van der Waals surface area contributed by atoms with Crippen molar-refractivity contribution in [1.29, 1.82) is 0 Å². The molecule has 2 amide bonds. The zero-order valence-electron chi connectivity index (χ0n) is 17.7. The van der Waals surface area contributed by atoms with Crippen LogP contribution < -0.4 is 10.1 Å². The number of nitrogens with one attached hydrogen (secondary N) is 1. The summed E-state index contributed by atoms with van der Waals surface area (Å²) >= 11 is 0. The Morgan fingerprint density at radius 3 is 2.88 bits per heavy atom. The van der Waals surface area contributed by atoms with Crippen LogP contribution in [-0.2, 0) is 9.59 Å². The van der Waals surface area contributed by atoms with Crippen LogP contribution in [0, 0.1) is 18.2 Å². The summed E-state index contributed by atoms with van der Waals surface area (Å²) < 4.78 is 19.8. The highest BCUT2D eigenvalue weighted by atomic mass is 19.1. The molecule has 1 aromatic heterocycles. The van der Waals surface area contributed by atoms with Crippen LogP contribution in [0.5, 0.6) is 11.5 Å². The van der Waals surface area contributed by atoms with E-state index in [1.165, 1.54) is 24.4 Å². The number of pyridine rings is 1. The van der Waals surface area contributed by atoms with Gasteiger partial charge in [-0.25, -0.2) is 4.39 Å². The zero-order chi connectivity index (χ0) is 22.8. The number of rotatable bonds is 7. The van der Waals surface area contributed by atoms with E-state index >= 15 is 0 Å². The smallest absolute Gasteiger partial charge is 0.246 e. The van der Waals surface area contributed by atoms with Crippen molar-refractivity contribution in [2.75, 3.05) is 39.3 Å². The lowest BCUT2D eigenvalue weighted by Gasteiger charge is -2.20. The van der Waals surface area contributed by atoms with Crippen molar-refractivity contribution in [1.82, 2.24) is 20.1 Å². The van der Waals surface area contributed by atoms with Gasteiger partial charge in [-0.3, -0.25) is 19.5 Å². The molecule has 0 spiro atoms. The summed E-state index contributed by atoms with van der Waals surface area (Å²) in [4.78, 5) is 32.1. The lowest BCUT2D eigenvalue weighted by atomic mass is 10.2. The minimum absolute atomic E-state index is 0.0837. The highest BCUT2D eigenvalue weighted by Gasteiger charge is 2.19. The van der Waals surface area contributed by atoms with Gasteiger partial charge in [0.2, 0.25) is 11.8 Å². The van der Waals surface area contributed by atoms with Gasteiger partial charge in [-0.2, -0.15) is 0 Å². The second-order valence-electron chi connectivity index (χ2n) is 7.25. The fourth-order valence-electron chi connectivity index (χ4n) is 3.27. The molecular formula is C24H25FN4O3. The Labute approximate surface area is 186 Å². The third kappa shape index (κ3) is 6.93. The van der Waals surface area contributed by atoms with E-state index in [2.05, 4.69) is 16.2 Å². The van der Waals surface area contributed by atoms with Crippen LogP contribution in [0.25, 0.3) is 6.08 Å². The molecule has 8 heteroatoms. The third-order valence-corrected chi connectivity index (χ3v) is 4.89. The quantitative estimate of drug-likeness (QED) is 0.533. The average molecular weight is 436 g/mol. The van der Waals surface area contributed by atoms with Crippen molar-refractivity contribution in [3.63, 3.8) is 0 Å². The van der Waals surface area contributed by atoms with Crippen molar-refractivity contribution in [3.8, 4) is 23.8 Å². The normalized spacial score (nSPS) is 14.6. The van der Waals surface area contributed by atoms with E-state index in [4.69, 9.17) is 11.2 Å². The van der Waals surface area contributed by atoms with Crippen LogP contribution in [0.3, 0.4) is 0 Å². The lowest BCUT2D eigenvalue weighted by molar-refractivity contribution is -0.125. The maximum absolute atomic E-state index is 14.4. The topological polar surface area (TPSA) is 74.8 Å². The van der Waals surface area contributed by atoms with Crippen LogP contribution in [0.2, 0.25) is 0 Å². The van der Waals surface area contributed by atoms with E-state index < -0.39 is 5.82 Å². The molecule has 1 saturated heterocycles. The van der Waals surface area contributed by atoms with Gasteiger partial charge in [-0.15, -0.1) is 6.42 Å². The monoisotopic (exact) mass is 436 g/mol. The van der Waals surface area contributed by atoms with Crippen LogP contribution in [0.1, 0.15) is 12.0 Å². The summed E-state index contributed by atoms with van der Waals surface area (Å²) in [6.45, 7) is 2.89. The molecule has 2 heterocycles. The standard InChI is InChI=1S/C24H25FN4O3/c1-2-10-27-23(30)18-28-12-4-13-29(15-14-28)24(31)9-7-19-6-8-22(21(25)16-19)32-20-5-3-11-26-17-20/h1,3,5-9,11,16-17H,4,10,12-15,18H2,(H,27,30). The molecule has 1 N–H and O–H groups in total. The molecule has 0 unspecified atom stereocenters. The van der Waals surface area contributed by atoms with E-state index in [1.807, 2.05) is 4.90 Å². The third-order valence-electron chi connectivity index (χ3n) is 4.89. The lowest BCUT2D eigenvalue weighted by Crippen LogP contribution is -2.39. The number of hydrogen-bond donors (Lipinski definition) is 1. The molecule has 0 radical (unpaired) electrons. The predicted molar refractivity (Wildman–Crippen MR) is 119 cm³/mol. The van der Waals surface area contributed by atoms with E-state index in [0.717, 1.165) is 13.0 Å². The molecule has 32 heavy (non-hydrogen) atoms. The number of ether oxygens (including phenoxy) is 1. The number of terminal acetylenes is 1. The first kappa shape index (κ1) is 23.0. The number of aromatic nitrogens is 1. The summed E-state index contributed by atoms with van der Waals surface area (Å²) in [5.41, 5.74) is 0.552. The van der Waals surface area contributed by atoms with Gasteiger partial charge < -0.3 is 15.0 Å². The van der Waals surface area contributed by atoms with Crippen molar-refractivity contribution in [2.24, 2.45) is 0 Å². The Morgan fingerprint density at radius 1 is 1.25 bits per heavy atom. The number of benzene rings is 1. The van der Waals surface area contributed by atoms with Crippen LogP contribution >= 0.6 is 0 Å². The molecule has 3 rings (SSSR count). The number of carbonyl (C=O) groups is 2. The fraction of sp³-hybridized carbons (Fsp3) is 0.292. The fourth-order valence-corrected chi connectivity index (χ4v) is 3.27. The predicted octanol–water partition coefficient (Wildman–Crippen LogP) is 2.31. The number of amides is 2. The Bertz CT molecular complexity index is 1000. The maximum Gasteiger partial charge on any atom is 0.246 e. The minimum Gasteiger partial charge on any atom is -0.453 e. The number of nitrogens with zero attached hydrogens (tertiary/aromatic N) is 3. The van der Waals surface area contributed by atoms with E-state index in [-0.39, 0.29) is 30.7 Å². The van der Waals surface area contributed by atoms with E-state index in [1.54, 1.807) is 35.4 Å². The van der Waals surface area contributed by atoms with Crippen molar-refractivity contribution in [2.45, 2.75) is 6.42 Å². The minimum atomic E-state index is -0.531. The van der Waals surface area contributed by atoms with Crippen molar-refractivity contribution >= 4 is 17.9 Å². The Hall–Kier alpha value is -3.70. The maximum atomic E-state index is 14.4. The Morgan fingerprint density at radius 2 is 2.12 bits per heavy atom. The number of halogens is 1. The molecule has 1 aliphatic rings. The van der Waals surface area contributed by atoms with Gasteiger partial charge in [-0.05, 0) is 42.3 Å². The second-order valence-corrected chi connectivity index (χ2v) is 7.25. The Balaban J connectivity index is 1.53. The molecule has 0 atom stereocenters. The summed E-state index contributed by atoms with van der Waals surface area (Å²) in [7, 11) is 0. The molecule has 0 aliphatic carbocycles. The van der Waals surface area contributed by atoms with E-state index in [9.17, 15) is 14.0 Å². The first-order chi connectivity index (χ1) is 15.5.